The van der Waals surface area contributed by atoms with E-state index in [0.29, 0.717) is 6.54 Å². The number of carboxylic acids is 1. The van der Waals surface area contributed by atoms with Gasteiger partial charge in [0.2, 0.25) is 0 Å². The molecule has 4 heteroatoms. The van der Waals surface area contributed by atoms with E-state index in [1.807, 2.05) is 6.07 Å². The number of aryl methyl sites for hydroxylation is 1. The van der Waals surface area contributed by atoms with E-state index in [-0.39, 0.29) is 18.8 Å². The lowest BCUT2D eigenvalue weighted by atomic mass is 10.1. The number of hydrogen-bond acceptors (Lipinski definition) is 2. The van der Waals surface area contributed by atoms with E-state index in [1.54, 1.807) is 0 Å². The van der Waals surface area contributed by atoms with Gasteiger partial charge in [-0.25, -0.2) is 0 Å². The third-order valence-corrected chi connectivity index (χ3v) is 2.87. The second kappa shape index (κ2) is 9.92. The van der Waals surface area contributed by atoms with Crippen LogP contribution in [0.2, 0.25) is 0 Å². The summed E-state index contributed by atoms with van der Waals surface area (Å²) in [5.41, 5.74) is 1.35. The summed E-state index contributed by atoms with van der Waals surface area (Å²) >= 11 is 0. The lowest BCUT2D eigenvalue weighted by Crippen LogP contribution is -2.27. The van der Waals surface area contributed by atoms with E-state index in [9.17, 15) is 4.79 Å². The van der Waals surface area contributed by atoms with Gasteiger partial charge in [-0.1, -0.05) is 37.3 Å². The van der Waals surface area contributed by atoms with Crippen LogP contribution in [0.4, 0.5) is 0 Å². The first-order valence-corrected chi connectivity index (χ1v) is 6.20. The summed E-state index contributed by atoms with van der Waals surface area (Å²) < 4.78 is 0. The molecule has 0 radical (unpaired) electrons. The van der Waals surface area contributed by atoms with E-state index >= 15 is 0 Å². The van der Waals surface area contributed by atoms with Crippen molar-refractivity contribution in [3.8, 4) is 0 Å². The minimum absolute atomic E-state index is 0. The Kier molecular flexibility index (Phi) is 9.33. The fraction of sp³-hybridized carbons (Fsp3) is 0.500. The number of benzene rings is 1. The summed E-state index contributed by atoms with van der Waals surface area (Å²) in [6, 6.07) is 10.4. The van der Waals surface area contributed by atoms with E-state index in [4.69, 9.17) is 5.11 Å². The topological polar surface area (TPSA) is 40.5 Å². The summed E-state index contributed by atoms with van der Waals surface area (Å²) in [6.45, 7) is 4.62. The first-order valence-electron chi connectivity index (χ1n) is 6.20. The maximum atomic E-state index is 10.5. The van der Waals surface area contributed by atoms with Crippen LogP contribution in [0.5, 0.6) is 0 Å². The molecule has 0 saturated carbocycles. The highest BCUT2D eigenvalue weighted by Gasteiger charge is 2.05. The van der Waals surface area contributed by atoms with Gasteiger partial charge in [-0.15, -0.1) is 12.4 Å². The maximum Gasteiger partial charge on any atom is 0.304 e. The molecule has 0 amide bonds. The molecule has 1 rings (SSSR count). The summed E-state index contributed by atoms with van der Waals surface area (Å²) in [5.74, 6) is -0.716. The molecule has 0 saturated heterocycles. The molecule has 3 nitrogen and oxygen atoms in total. The molecule has 0 bridgehead atoms. The number of rotatable bonds is 8. The highest BCUT2D eigenvalue weighted by Crippen LogP contribution is 2.04. The highest BCUT2D eigenvalue weighted by atomic mass is 35.5. The molecule has 1 aromatic carbocycles. The van der Waals surface area contributed by atoms with Crippen molar-refractivity contribution in [1.29, 1.82) is 0 Å². The number of halogens is 1. The molecular formula is C14H22ClNO2. The summed E-state index contributed by atoms with van der Waals surface area (Å²) in [7, 11) is 0. The molecule has 0 aliphatic heterocycles. The van der Waals surface area contributed by atoms with Crippen molar-refractivity contribution in [2.75, 3.05) is 19.6 Å². The monoisotopic (exact) mass is 271 g/mol. The van der Waals surface area contributed by atoms with Crippen LogP contribution in [0.25, 0.3) is 0 Å². The van der Waals surface area contributed by atoms with Crippen LogP contribution in [0.15, 0.2) is 30.3 Å². The second-order valence-electron chi connectivity index (χ2n) is 4.17. The molecule has 0 fully saturated rings. The Hall–Kier alpha value is -1.06. The standard InChI is InChI=1S/C14H21NO2.ClH/c1-2-15(12-10-14(16)17)11-6-9-13-7-4-3-5-8-13;/h3-5,7-8H,2,6,9-12H2,1H3,(H,16,17);1H. The number of aliphatic carboxylic acids is 1. The zero-order valence-electron chi connectivity index (χ0n) is 10.8. The number of carbonyl (C=O) groups is 1. The van der Waals surface area contributed by atoms with Gasteiger partial charge in [-0.2, -0.15) is 0 Å². The van der Waals surface area contributed by atoms with Crippen molar-refractivity contribution in [3.05, 3.63) is 35.9 Å². The second-order valence-corrected chi connectivity index (χ2v) is 4.17. The smallest absolute Gasteiger partial charge is 0.304 e. The molecule has 0 heterocycles. The first-order chi connectivity index (χ1) is 8.22. The van der Waals surface area contributed by atoms with Crippen LogP contribution < -0.4 is 0 Å². The maximum absolute atomic E-state index is 10.5. The predicted molar refractivity (Wildman–Crippen MR) is 76.4 cm³/mol. The van der Waals surface area contributed by atoms with Crippen molar-refractivity contribution in [3.63, 3.8) is 0 Å². The molecule has 1 aromatic rings. The quantitative estimate of drug-likeness (QED) is 0.790. The van der Waals surface area contributed by atoms with Crippen LogP contribution >= 0.6 is 12.4 Å². The molecule has 0 spiro atoms. The van der Waals surface area contributed by atoms with Crippen molar-refractivity contribution in [2.24, 2.45) is 0 Å². The van der Waals surface area contributed by atoms with Gasteiger partial charge in [0.05, 0.1) is 6.42 Å². The van der Waals surface area contributed by atoms with Crippen molar-refractivity contribution >= 4 is 18.4 Å². The molecule has 0 aliphatic carbocycles. The molecule has 18 heavy (non-hydrogen) atoms. The van der Waals surface area contributed by atoms with Gasteiger partial charge in [0.25, 0.3) is 0 Å². The normalized spacial score (nSPS) is 10.1. The summed E-state index contributed by atoms with van der Waals surface area (Å²) in [4.78, 5) is 12.7. The lowest BCUT2D eigenvalue weighted by molar-refractivity contribution is -0.137. The average Bonchev–Trinajstić information content (AvgIpc) is 2.34. The van der Waals surface area contributed by atoms with Gasteiger partial charge < -0.3 is 10.0 Å². The third-order valence-electron chi connectivity index (χ3n) is 2.87. The number of nitrogens with zero attached hydrogens (tertiary/aromatic N) is 1. The summed E-state index contributed by atoms with van der Waals surface area (Å²) in [6.07, 6.45) is 2.38. The van der Waals surface area contributed by atoms with Crippen LogP contribution in [0, 0.1) is 0 Å². The van der Waals surface area contributed by atoms with Gasteiger partial charge in [0, 0.05) is 6.54 Å². The van der Waals surface area contributed by atoms with Crippen LogP contribution in [0.1, 0.15) is 25.3 Å². The van der Waals surface area contributed by atoms with E-state index < -0.39 is 5.97 Å². The lowest BCUT2D eigenvalue weighted by Gasteiger charge is -2.19. The first kappa shape index (κ1) is 16.9. The van der Waals surface area contributed by atoms with Gasteiger partial charge in [-0.3, -0.25) is 4.79 Å². The molecule has 0 aliphatic rings. The van der Waals surface area contributed by atoms with Gasteiger partial charge in [0.15, 0.2) is 0 Å². The van der Waals surface area contributed by atoms with Crippen molar-refractivity contribution < 1.29 is 9.90 Å². The van der Waals surface area contributed by atoms with E-state index in [2.05, 4.69) is 36.1 Å². The van der Waals surface area contributed by atoms with Crippen molar-refractivity contribution in [1.82, 2.24) is 4.90 Å². The molecule has 0 aromatic heterocycles. The van der Waals surface area contributed by atoms with Gasteiger partial charge in [-0.05, 0) is 31.5 Å². The molecule has 102 valence electrons. The Balaban J connectivity index is 0.00000289. The number of hydrogen-bond donors (Lipinski definition) is 1. The molecule has 0 unspecified atom stereocenters. The Labute approximate surface area is 115 Å². The zero-order chi connectivity index (χ0) is 12.5. The Morgan fingerprint density at radius 2 is 1.89 bits per heavy atom. The fourth-order valence-corrected chi connectivity index (χ4v) is 1.83. The SMILES string of the molecule is CCN(CCCc1ccccc1)CCC(=O)O.Cl. The Morgan fingerprint density at radius 1 is 1.22 bits per heavy atom. The minimum atomic E-state index is -0.716. The highest BCUT2D eigenvalue weighted by molar-refractivity contribution is 5.85. The number of carboxylic acid groups (broad SMARTS) is 1. The fourth-order valence-electron chi connectivity index (χ4n) is 1.83. The van der Waals surface area contributed by atoms with Gasteiger partial charge in [0.1, 0.15) is 0 Å². The van der Waals surface area contributed by atoms with Crippen molar-refractivity contribution in [2.45, 2.75) is 26.2 Å². The minimum Gasteiger partial charge on any atom is -0.481 e. The van der Waals surface area contributed by atoms with Crippen LogP contribution in [-0.4, -0.2) is 35.6 Å². The van der Waals surface area contributed by atoms with Crippen LogP contribution in [-0.2, 0) is 11.2 Å². The molecule has 0 atom stereocenters. The Bertz CT molecular complexity index is 330. The predicted octanol–water partition coefficient (Wildman–Crippen LogP) is 2.84. The molecular weight excluding hydrogens is 250 g/mol. The van der Waals surface area contributed by atoms with Crippen LogP contribution in [0.3, 0.4) is 0 Å². The molecule has 1 N–H and O–H groups in total. The largest absolute Gasteiger partial charge is 0.481 e. The Morgan fingerprint density at radius 3 is 2.44 bits per heavy atom. The van der Waals surface area contributed by atoms with E-state index in [1.165, 1.54) is 5.56 Å². The van der Waals surface area contributed by atoms with Gasteiger partial charge >= 0.3 is 5.97 Å². The summed E-state index contributed by atoms with van der Waals surface area (Å²) in [5, 5.41) is 8.63. The average molecular weight is 272 g/mol. The third kappa shape index (κ3) is 7.30. The van der Waals surface area contributed by atoms with E-state index in [0.717, 1.165) is 25.9 Å². The zero-order valence-corrected chi connectivity index (χ0v) is 11.7.